The molecule has 0 bridgehead atoms. The van der Waals surface area contributed by atoms with Crippen LogP contribution in [-0.2, 0) is 6.54 Å². The first-order chi connectivity index (χ1) is 9.72. The Morgan fingerprint density at radius 3 is 2.90 bits per heavy atom. The van der Waals surface area contributed by atoms with Crippen LogP contribution in [0.3, 0.4) is 0 Å². The van der Waals surface area contributed by atoms with Gasteiger partial charge in [0.05, 0.1) is 13.3 Å². The minimum atomic E-state index is 0.0231. The molecule has 0 spiro atoms. The molecule has 1 aliphatic rings. The SMILES string of the molecule is CCCn1ncc(OC)c1C(=O)C1CCCCC1CN. The summed E-state index contributed by atoms with van der Waals surface area (Å²) in [5.41, 5.74) is 6.47. The maximum atomic E-state index is 12.9. The molecule has 1 aromatic rings. The van der Waals surface area contributed by atoms with Gasteiger partial charge >= 0.3 is 0 Å². The van der Waals surface area contributed by atoms with Crippen LogP contribution < -0.4 is 10.5 Å². The highest BCUT2D eigenvalue weighted by atomic mass is 16.5. The Labute approximate surface area is 120 Å². The average molecular weight is 279 g/mol. The summed E-state index contributed by atoms with van der Waals surface area (Å²) in [6.07, 6.45) is 6.85. The van der Waals surface area contributed by atoms with E-state index < -0.39 is 0 Å². The standard InChI is InChI=1S/C15H25N3O2/c1-3-8-18-14(13(20-2)10-17-18)15(19)12-7-5-4-6-11(12)9-16/h10-12H,3-9,16H2,1-2H3. The van der Waals surface area contributed by atoms with Crippen LogP contribution >= 0.6 is 0 Å². The Hall–Kier alpha value is -1.36. The monoisotopic (exact) mass is 279 g/mol. The summed E-state index contributed by atoms with van der Waals surface area (Å²) in [4.78, 5) is 12.9. The number of aryl methyl sites for hydroxylation is 1. The average Bonchev–Trinajstić information content (AvgIpc) is 2.89. The number of rotatable bonds is 6. The Balaban J connectivity index is 2.28. The van der Waals surface area contributed by atoms with E-state index in [2.05, 4.69) is 12.0 Å². The molecule has 2 unspecified atom stereocenters. The number of nitrogens with zero attached hydrogens (tertiary/aromatic N) is 2. The third kappa shape index (κ3) is 2.87. The third-order valence-corrected chi connectivity index (χ3v) is 4.24. The molecule has 112 valence electrons. The summed E-state index contributed by atoms with van der Waals surface area (Å²) in [6, 6.07) is 0. The number of carbonyl (C=O) groups is 1. The van der Waals surface area contributed by atoms with Gasteiger partial charge in [0.15, 0.2) is 11.5 Å². The molecule has 1 aromatic heterocycles. The van der Waals surface area contributed by atoms with Gasteiger partial charge in [0.1, 0.15) is 5.69 Å². The van der Waals surface area contributed by atoms with Crippen molar-refractivity contribution >= 4 is 5.78 Å². The highest BCUT2D eigenvalue weighted by Crippen LogP contribution is 2.34. The van der Waals surface area contributed by atoms with Crippen molar-refractivity contribution in [3.63, 3.8) is 0 Å². The van der Waals surface area contributed by atoms with E-state index in [0.29, 0.717) is 23.9 Å². The van der Waals surface area contributed by atoms with Gasteiger partial charge in [-0.2, -0.15) is 5.10 Å². The van der Waals surface area contributed by atoms with E-state index in [1.54, 1.807) is 18.0 Å². The Bertz CT molecular complexity index is 456. The minimum Gasteiger partial charge on any atom is -0.493 e. The van der Waals surface area contributed by atoms with E-state index in [0.717, 1.165) is 32.2 Å². The van der Waals surface area contributed by atoms with Crippen LogP contribution in [0, 0.1) is 11.8 Å². The van der Waals surface area contributed by atoms with Crippen molar-refractivity contribution < 1.29 is 9.53 Å². The van der Waals surface area contributed by atoms with Gasteiger partial charge in [-0.25, -0.2) is 0 Å². The molecular formula is C15H25N3O2. The van der Waals surface area contributed by atoms with Crippen LogP contribution in [0.25, 0.3) is 0 Å². The highest BCUT2D eigenvalue weighted by Gasteiger charge is 2.34. The predicted molar refractivity (Wildman–Crippen MR) is 77.9 cm³/mol. The lowest BCUT2D eigenvalue weighted by Crippen LogP contribution is -2.33. The lowest BCUT2D eigenvalue weighted by atomic mass is 9.76. The van der Waals surface area contributed by atoms with Gasteiger partial charge in [-0.15, -0.1) is 0 Å². The largest absolute Gasteiger partial charge is 0.493 e. The molecule has 0 saturated heterocycles. The van der Waals surface area contributed by atoms with Gasteiger partial charge in [0, 0.05) is 12.5 Å². The number of ether oxygens (including phenoxy) is 1. The minimum absolute atomic E-state index is 0.0231. The van der Waals surface area contributed by atoms with E-state index in [1.807, 2.05) is 0 Å². The maximum Gasteiger partial charge on any atom is 0.188 e. The van der Waals surface area contributed by atoms with Crippen molar-refractivity contribution in [1.82, 2.24) is 9.78 Å². The van der Waals surface area contributed by atoms with E-state index in [4.69, 9.17) is 10.5 Å². The number of hydrogen-bond acceptors (Lipinski definition) is 4. The number of ketones is 1. The molecule has 1 saturated carbocycles. The summed E-state index contributed by atoms with van der Waals surface area (Å²) in [7, 11) is 1.59. The normalized spacial score (nSPS) is 22.8. The van der Waals surface area contributed by atoms with Crippen LogP contribution in [-0.4, -0.2) is 29.2 Å². The molecule has 1 heterocycles. The van der Waals surface area contributed by atoms with E-state index in [1.165, 1.54) is 6.42 Å². The van der Waals surface area contributed by atoms with Gasteiger partial charge in [-0.1, -0.05) is 19.8 Å². The van der Waals surface area contributed by atoms with Crippen molar-refractivity contribution in [1.29, 1.82) is 0 Å². The fraction of sp³-hybridized carbons (Fsp3) is 0.733. The second-order valence-electron chi connectivity index (χ2n) is 5.54. The first kappa shape index (κ1) is 15.0. The summed E-state index contributed by atoms with van der Waals surface area (Å²) in [6.45, 7) is 3.40. The number of Topliss-reactive ketones (excluding diaryl/α,β-unsaturated/α-hetero) is 1. The van der Waals surface area contributed by atoms with Crippen molar-refractivity contribution in [2.24, 2.45) is 17.6 Å². The Morgan fingerprint density at radius 2 is 2.25 bits per heavy atom. The molecular weight excluding hydrogens is 254 g/mol. The molecule has 0 amide bonds. The predicted octanol–water partition coefficient (Wildman–Crippen LogP) is 2.25. The van der Waals surface area contributed by atoms with E-state index in [-0.39, 0.29) is 11.7 Å². The van der Waals surface area contributed by atoms with E-state index in [9.17, 15) is 4.79 Å². The molecule has 0 aromatic carbocycles. The Morgan fingerprint density at radius 1 is 1.50 bits per heavy atom. The summed E-state index contributed by atoms with van der Waals surface area (Å²) in [5, 5.41) is 4.28. The summed E-state index contributed by atoms with van der Waals surface area (Å²) < 4.78 is 7.10. The molecule has 2 N–H and O–H groups in total. The molecule has 1 fully saturated rings. The highest BCUT2D eigenvalue weighted by molar-refractivity contribution is 5.99. The Kier molecular flexibility index (Phi) is 5.17. The number of methoxy groups -OCH3 is 1. The third-order valence-electron chi connectivity index (χ3n) is 4.24. The fourth-order valence-electron chi connectivity index (χ4n) is 3.16. The summed E-state index contributed by atoms with van der Waals surface area (Å²) >= 11 is 0. The number of hydrogen-bond donors (Lipinski definition) is 1. The molecule has 5 nitrogen and oxygen atoms in total. The van der Waals surface area contributed by atoms with Crippen LogP contribution in [0.2, 0.25) is 0 Å². The first-order valence-electron chi connectivity index (χ1n) is 7.57. The quantitative estimate of drug-likeness (QED) is 0.811. The molecule has 0 radical (unpaired) electrons. The molecule has 1 aliphatic carbocycles. The van der Waals surface area contributed by atoms with Gasteiger partial charge in [0.2, 0.25) is 0 Å². The molecule has 2 atom stereocenters. The van der Waals surface area contributed by atoms with Crippen LogP contribution in [0.5, 0.6) is 5.75 Å². The van der Waals surface area contributed by atoms with Gasteiger partial charge in [-0.05, 0) is 31.7 Å². The molecule has 0 aliphatic heterocycles. The molecule has 5 heteroatoms. The second kappa shape index (κ2) is 6.88. The number of nitrogens with two attached hydrogens (primary N) is 1. The van der Waals surface area contributed by atoms with Crippen LogP contribution in [0.15, 0.2) is 6.20 Å². The zero-order valence-electron chi connectivity index (χ0n) is 12.5. The molecule has 20 heavy (non-hydrogen) atoms. The van der Waals surface area contributed by atoms with Crippen molar-refractivity contribution in [2.75, 3.05) is 13.7 Å². The zero-order valence-corrected chi connectivity index (χ0v) is 12.5. The lowest BCUT2D eigenvalue weighted by molar-refractivity contribution is 0.0814. The summed E-state index contributed by atoms with van der Waals surface area (Å²) in [5.74, 6) is 1.06. The lowest BCUT2D eigenvalue weighted by Gasteiger charge is -2.29. The maximum absolute atomic E-state index is 12.9. The smallest absolute Gasteiger partial charge is 0.188 e. The van der Waals surface area contributed by atoms with Gasteiger partial charge in [-0.3, -0.25) is 9.48 Å². The molecule has 2 rings (SSSR count). The topological polar surface area (TPSA) is 70.1 Å². The van der Waals surface area contributed by atoms with Crippen molar-refractivity contribution in [3.8, 4) is 5.75 Å². The van der Waals surface area contributed by atoms with Crippen LogP contribution in [0.1, 0.15) is 49.5 Å². The van der Waals surface area contributed by atoms with Crippen LogP contribution in [0.4, 0.5) is 0 Å². The number of aromatic nitrogens is 2. The van der Waals surface area contributed by atoms with Crippen molar-refractivity contribution in [3.05, 3.63) is 11.9 Å². The van der Waals surface area contributed by atoms with Crippen molar-refractivity contribution in [2.45, 2.75) is 45.6 Å². The fourth-order valence-corrected chi connectivity index (χ4v) is 3.16. The van der Waals surface area contributed by atoms with E-state index >= 15 is 0 Å². The zero-order chi connectivity index (χ0) is 14.5. The number of carbonyl (C=O) groups excluding carboxylic acids is 1. The van der Waals surface area contributed by atoms with Gasteiger partial charge < -0.3 is 10.5 Å². The first-order valence-corrected chi connectivity index (χ1v) is 7.57. The second-order valence-corrected chi connectivity index (χ2v) is 5.54. The van der Waals surface area contributed by atoms with Gasteiger partial charge in [0.25, 0.3) is 0 Å².